The lowest BCUT2D eigenvalue weighted by Crippen LogP contribution is -2.01. The van der Waals surface area contributed by atoms with Crippen LogP contribution in [-0.4, -0.2) is 17.5 Å². The van der Waals surface area contributed by atoms with Crippen LogP contribution in [0.2, 0.25) is 5.02 Å². The fourth-order valence-electron chi connectivity index (χ4n) is 1.72. The van der Waals surface area contributed by atoms with E-state index in [1.807, 2.05) is 12.1 Å². The molecule has 2 aromatic rings. The number of halogens is 1. The fraction of sp³-hybridized carbons (Fsp3) is 0.133. The van der Waals surface area contributed by atoms with E-state index in [0.29, 0.717) is 22.6 Å². The summed E-state index contributed by atoms with van der Waals surface area (Å²) in [5, 5.41) is 9.44. The number of hydrogen-bond acceptors (Lipinski definition) is 2. The van der Waals surface area contributed by atoms with Crippen molar-refractivity contribution in [2.45, 2.75) is 6.42 Å². The summed E-state index contributed by atoms with van der Waals surface area (Å²) in [4.78, 5) is 12.1. The zero-order valence-corrected chi connectivity index (χ0v) is 10.5. The van der Waals surface area contributed by atoms with Gasteiger partial charge in [-0.2, -0.15) is 0 Å². The molecule has 0 saturated carbocycles. The third-order valence-electron chi connectivity index (χ3n) is 2.72. The highest BCUT2D eigenvalue weighted by atomic mass is 35.5. The van der Waals surface area contributed by atoms with Gasteiger partial charge in [-0.1, -0.05) is 35.9 Å². The van der Waals surface area contributed by atoms with Crippen LogP contribution in [0.3, 0.4) is 0 Å². The third kappa shape index (κ3) is 2.97. The number of ketones is 1. The molecular formula is C15H13ClO2. The zero-order chi connectivity index (χ0) is 13.0. The molecule has 0 aliphatic carbocycles. The van der Waals surface area contributed by atoms with E-state index in [1.54, 1.807) is 36.4 Å². The summed E-state index contributed by atoms with van der Waals surface area (Å²) in [6, 6.07) is 14.1. The monoisotopic (exact) mass is 260 g/mol. The molecule has 18 heavy (non-hydrogen) atoms. The first kappa shape index (κ1) is 12.8. The Morgan fingerprint density at radius 1 is 0.944 bits per heavy atom. The Morgan fingerprint density at radius 3 is 1.94 bits per heavy atom. The van der Waals surface area contributed by atoms with E-state index < -0.39 is 0 Å². The minimum atomic E-state index is -0.0257. The summed E-state index contributed by atoms with van der Waals surface area (Å²) in [7, 11) is 0. The maximum Gasteiger partial charge on any atom is 0.193 e. The van der Waals surface area contributed by atoms with Crippen molar-refractivity contribution in [3.05, 3.63) is 70.2 Å². The van der Waals surface area contributed by atoms with Gasteiger partial charge in [-0.15, -0.1) is 0 Å². The topological polar surface area (TPSA) is 37.3 Å². The molecule has 1 N–H and O–H groups in total. The van der Waals surface area contributed by atoms with Gasteiger partial charge in [-0.25, -0.2) is 0 Å². The Hall–Kier alpha value is -1.64. The fourth-order valence-corrected chi connectivity index (χ4v) is 1.85. The number of rotatable bonds is 4. The molecule has 0 aliphatic heterocycles. The van der Waals surface area contributed by atoms with E-state index in [0.717, 1.165) is 5.56 Å². The van der Waals surface area contributed by atoms with Crippen molar-refractivity contribution in [1.29, 1.82) is 0 Å². The number of carbonyl (C=O) groups excluding carboxylic acids is 1. The number of aliphatic hydroxyl groups excluding tert-OH is 1. The molecule has 0 aliphatic rings. The molecule has 2 aromatic carbocycles. The minimum absolute atomic E-state index is 0.0257. The van der Waals surface area contributed by atoms with Crippen LogP contribution in [0.1, 0.15) is 21.5 Å². The predicted molar refractivity (Wildman–Crippen MR) is 72.1 cm³/mol. The van der Waals surface area contributed by atoms with Gasteiger partial charge in [0.25, 0.3) is 0 Å². The highest BCUT2D eigenvalue weighted by molar-refractivity contribution is 6.30. The maximum atomic E-state index is 12.1. The molecule has 0 fully saturated rings. The zero-order valence-electron chi connectivity index (χ0n) is 9.77. The Labute approximate surface area is 111 Å². The summed E-state index contributed by atoms with van der Waals surface area (Å²) < 4.78 is 0. The lowest BCUT2D eigenvalue weighted by atomic mass is 10.0. The Balaban J connectivity index is 2.20. The lowest BCUT2D eigenvalue weighted by molar-refractivity contribution is 0.103. The van der Waals surface area contributed by atoms with Crippen LogP contribution in [-0.2, 0) is 6.42 Å². The van der Waals surface area contributed by atoms with Crippen LogP contribution in [0, 0.1) is 0 Å². The molecule has 0 unspecified atom stereocenters. The van der Waals surface area contributed by atoms with Crippen molar-refractivity contribution in [2.24, 2.45) is 0 Å². The first-order chi connectivity index (χ1) is 8.70. The third-order valence-corrected chi connectivity index (χ3v) is 2.97. The average molecular weight is 261 g/mol. The van der Waals surface area contributed by atoms with Gasteiger partial charge >= 0.3 is 0 Å². The van der Waals surface area contributed by atoms with Gasteiger partial charge in [0.2, 0.25) is 0 Å². The second-order valence-electron chi connectivity index (χ2n) is 4.01. The average Bonchev–Trinajstić information content (AvgIpc) is 2.40. The summed E-state index contributed by atoms with van der Waals surface area (Å²) >= 11 is 5.78. The second kappa shape index (κ2) is 5.80. The van der Waals surface area contributed by atoms with Gasteiger partial charge in [0.05, 0.1) is 0 Å². The molecule has 0 saturated heterocycles. The predicted octanol–water partition coefficient (Wildman–Crippen LogP) is 3.11. The van der Waals surface area contributed by atoms with Gasteiger partial charge < -0.3 is 5.11 Å². The van der Waals surface area contributed by atoms with Crippen molar-refractivity contribution >= 4 is 17.4 Å². The molecule has 3 heteroatoms. The SMILES string of the molecule is O=C(c1ccc(Cl)cc1)c1ccc(CCO)cc1. The van der Waals surface area contributed by atoms with Crippen molar-refractivity contribution in [3.8, 4) is 0 Å². The molecule has 2 nitrogen and oxygen atoms in total. The highest BCUT2D eigenvalue weighted by Crippen LogP contribution is 2.14. The van der Waals surface area contributed by atoms with Crippen molar-refractivity contribution in [3.63, 3.8) is 0 Å². The maximum absolute atomic E-state index is 12.1. The molecular weight excluding hydrogens is 248 g/mol. The molecule has 0 atom stereocenters. The summed E-state index contributed by atoms with van der Waals surface area (Å²) in [6.07, 6.45) is 0.607. The normalized spacial score (nSPS) is 10.3. The number of carbonyl (C=O) groups is 1. The summed E-state index contributed by atoms with van der Waals surface area (Å²) in [5.41, 5.74) is 2.28. The van der Waals surface area contributed by atoms with E-state index in [2.05, 4.69) is 0 Å². The van der Waals surface area contributed by atoms with E-state index in [1.165, 1.54) is 0 Å². The quantitative estimate of drug-likeness (QED) is 0.858. The summed E-state index contributed by atoms with van der Waals surface area (Å²) in [6.45, 7) is 0.116. The van der Waals surface area contributed by atoms with Crippen LogP contribution in [0.15, 0.2) is 48.5 Å². The van der Waals surface area contributed by atoms with Crippen LogP contribution < -0.4 is 0 Å². The van der Waals surface area contributed by atoms with Crippen molar-refractivity contribution in [2.75, 3.05) is 6.61 Å². The minimum Gasteiger partial charge on any atom is -0.396 e. The van der Waals surface area contributed by atoms with Crippen LogP contribution in [0.5, 0.6) is 0 Å². The van der Waals surface area contributed by atoms with Crippen molar-refractivity contribution < 1.29 is 9.90 Å². The highest BCUT2D eigenvalue weighted by Gasteiger charge is 2.08. The van der Waals surface area contributed by atoms with Gasteiger partial charge in [-0.05, 0) is 36.2 Å². The van der Waals surface area contributed by atoms with Crippen LogP contribution >= 0.6 is 11.6 Å². The molecule has 0 aromatic heterocycles. The van der Waals surface area contributed by atoms with Crippen molar-refractivity contribution in [1.82, 2.24) is 0 Å². The van der Waals surface area contributed by atoms with Gasteiger partial charge in [0, 0.05) is 22.8 Å². The second-order valence-corrected chi connectivity index (χ2v) is 4.44. The molecule has 0 amide bonds. The lowest BCUT2D eigenvalue weighted by Gasteiger charge is -2.03. The first-order valence-corrected chi connectivity index (χ1v) is 6.08. The Bertz CT molecular complexity index is 529. The Morgan fingerprint density at radius 2 is 1.44 bits per heavy atom. The molecule has 0 spiro atoms. The molecule has 0 bridgehead atoms. The number of aliphatic hydroxyl groups is 1. The van der Waals surface area contributed by atoms with Gasteiger partial charge in [-0.3, -0.25) is 4.79 Å². The number of hydrogen-bond donors (Lipinski definition) is 1. The molecule has 92 valence electrons. The van der Waals surface area contributed by atoms with Crippen LogP contribution in [0.25, 0.3) is 0 Å². The molecule has 0 heterocycles. The van der Waals surface area contributed by atoms with Gasteiger partial charge in [0.15, 0.2) is 5.78 Å². The van der Waals surface area contributed by atoms with E-state index in [9.17, 15) is 4.79 Å². The standard InChI is InChI=1S/C15H13ClO2/c16-14-7-5-13(6-8-14)15(18)12-3-1-11(2-4-12)9-10-17/h1-8,17H,9-10H2. The molecule has 2 rings (SSSR count). The van der Waals surface area contributed by atoms with Gasteiger partial charge in [0.1, 0.15) is 0 Å². The summed E-state index contributed by atoms with van der Waals surface area (Å²) in [5.74, 6) is -0.0257. The smallest absolute Gasteiger partial charge is 0.193 e. The van der Waals surface area contributed by atoms with Crippen LogP contribution in [0.4, 0.5) is 0 Å². The van der Waals surface area contributed by atoms with E-state index >= 15 is 0 Å². The first-order valence-electron chi connectivity index (χ1n) is 5.71. The molecule has 0 radical (unpaired) electrons. The van der Waals surface area contributed by atoms with E-state index in [-0.39, 0.29) is 12.4 Å². The number of benzene rings is 2. The largest absolute Gasteiger partial charge is 0.396 e. The Kier molecular flexibility index (Phi) is 4.13. The van der Waals surface area contributed by atoms with E-state index in [4.69, 9.17) is 16.7 Å².